The van der Waals surface area contributed by atoms with Crippen LogP contribution in [0.2, 0.25) is 0 Å². The number of anilines is 1. The van der Waals surface area contributed by atoms with Gasteiger partial charge in [0, 0.05) is 44.5 Å². The minimum atomic E-state index is 0.0996. The van der Waals surface area contributed by atoms with E-state index in [1.165, 1.54) is 0 Å². The van der Waals surface area contributed by atoms with Gasteiger partial charge < -0.3 is 15.4 Å². The number of carbonyl (C=O) groups is 1. The second-order valence-corrected chi connectivity index (χ2v) is 6.07. The summed E-state index contributed by atoms with van der Waals surface area (Å²) in [5.74, 6) is 0.918. The van der Waals surface area contributed by atoms with Gasteiger partial charge in [-0.2, -0.15) is 0 Å². The van der Waals surface area contributed by atoms with Crippen LogP contribution in [0.25, 0.3) is 10.9 Å². The van der Waals surface area contributed by atoms with Gasteiger partial charge in [0.15, 0.2) is 0 Å². The van der Waals surface area contributed by atoms with Gasteiger partial charge in [-0.15, -0.1) is 0 Å². The summed E-state index contributed by atoms with van der Waals surface area (Å²) < 4.78 is 5.31. The Bertz CT molecular complexity index is 683. The summed E-state index contributed by atoms with van der Waals surface area (Å²) in [6.07, 6.45) is 2.84. The third-order valence-corrected chi connectivity index (χ3v) is 4.27. The topological polar surface area (TPSA) is 79.4 Å². The van der Waals surface area contributed by atoms with Crippen molar-refractivity contribution in [3.8, 4) is 0 Å². The molecular formula is C18H25N5O2. The number of morpholine rings is 1. The van der Waals surface area contributed by atoms with Crippen molar-refractivity contribution in [2.24, 2.45) is 0 Å². The zero-order valence-corrected chi connectivity index (χ0v) is 14.4. The van der Waals surface area contributed by atoms with Crippen LogP contribution in [-0.2, 0) is 9.53 Å². The molecule has 1 aromatic heterocycles. The number of nitrogens with one attached hydrogen (secondary N) is 2. The largest absolute Gasteiger partial charge is 0.379 e. The maximum Gasteiger partial charge on any atom is 0.220 e. The normalized spacial score (nSPS) is 15.2. The van der Waals surface area contributed by atoms with Crippen LogP contribution in [-0.4, -0.2) is 66.7 Å². The second kappa shape index (κ2) is 9.29. The van der Waals surface area contributed by atoms with E-state index in [2.05, 4.69) is 25.5 Å². The summed E-state index contributed by atoms with van der Waals surface area (Å²) in [5, 5.41) is 7.28. The number of rotatable bonds is 8. The van der Waals surface area contributed by atoms with Crippen molar-refractivity contribution in [3.63, 3.8) is 0 Å². The molecule has 3 rings (SSSR count). The standard InChI is InChI=1S/C18H25N5O2/c24-17(19-8-9-23-10-12-25-13-11-23)6-3-7-20-18-15-4-1-2-5-16(15)21-14-22-18/h1-2,4-5,14H,3,6-13H2,(H,19,24)(H,20,21,22). The maximum atomic E-state index is 11.9. The number of ether oxygens (including phenoxy) is 1. The van der Waals surface area contributed by atoms with Crippen LogP contribution in [0.3, 0.4) is 0 Å². The lowest BCUT2D eigenvalue weighted by atomic mass is 10.2. The first-order valence-corrected chi connectivity index (χ1v) is 8.83. The zero-order chi connectivity index (χ0) is 17.3. The number of benzene rings is 1. The second-order valence-electron chi connectivity index (χ2n) is 6.07. The van der Waals surface area contributed by atoms with Gasteiger partial charge >= 0.3 is 0 Å². The lowest BCUT2D eigenvalue weighted by Crippen LogP contribution is -2.41. The van der Waals surface area contributed by atoms with E-state index in [1.807, 2.05) is 24.3 Å². The molecule has 25 heavy (non-hydrogen) atoms. The van der Waals surface area contributed by atoms with Crippen molar-refractivity contribution in [3.05, 3.63) is 30.6 Å². The predicted molar refractivity (Wildman–Crippen MR) is 97.5 cm³/mol. The van der Waals surface area contributed by atoms with Crippen LogP contribution in [0, 0.1) is 0 Å². The van der Waals surface area contributed by atoms with Gasteiger partial charge in [-0.05, 0) is 18.6 Å². The fourth-order valence-electron chi connectivity index (χ4n) is 2.87. The summed E-state index contributed by atoms with van der Waals surface area (Å²) >= 11 is 0. The average Bonchev–Trinajstić information content (AvgIpc) is 2.66. The molecule has 1 aliphatic heterocycles. The number of para-hydroxylation sites is 1. The highest BCUT2D eigenvalue weighted by molar-refractivity contribution is 5.88. The third kappa shape index (κ3) is 5.37. The molecule has 1 aromatic carbocycles. The molecule has 0 spiro atoms. The number of aromatic nitrogens is 2. The van der Waals surface area contributed by atoms with Crippen LogP contribution in [0.5, 0.6) is 0 Å². The molecule has 7 heteroatoms. The van der Waals surface area contributed by atoms with Crippen molar-refractivity contribution in [1.82, 2.24) is 20.2 Å². The van der Waals surface area contributed by atoms with Crippen molar-refractivity contribution >= 4 is 22.6 Å². The van der Waals surface area contributed by atoms with Gasteiger partial charge in [-0.25, -0.2) is 9.97 Å². The fourth-order valence-corrected chi connectivity index (χ4v) is 2.87. The monoisotopic (exact) mass is 343 g/mol. The summed E-state index contributed by atoms with van der Waals surface area (Å²) in [4.78, 5) is 22.7. The summed E-state index contributed by atoms with van der Waals surface area (Å²) in [6, 6.07) is 7.89. The van der Waals surface area contributed by atoms with E-state index in [1.54, 1.807) is 6.33 Å². The Hall–Kier alpha value is -2.25. The molecule has 1 fully saturated rings. The van der Waals surface area contributed by atoms with Gasteiger partial charge in [-0.1, -0.05) is 12.1 Å². The van der Waals surface area contributed by atoms with E-state index in [-0.39, 0.29) is 5.91 Å². The number of hydrogen-bond acceptors (Lipinski definition) is 6. The molecule has 7 nitrogen and oxygen atoms in total. The van der Waals surface area contributed by atoms with Crippen LogP contribution in [0.4, 0.5) is 5.82 Å². The molecule has 0 atom stereocenters. The SMILES string of the molecule is O=C(CCCNc1ncnc2ccccc12)NCCN1CCOCC1. The van der Waals surface area contributed by atoms with E-state index in [0.29, 0.717) is 19.5 Å². The zero-order valence-electron chi connectivity index (χ0n) is 14.4. The molecule has 1 amide bonds. The number of fused-ring (bicyclic) bond motifs is 1. The maximum absolute atomic E-state index is 11.9. The van der Waals surface area contributed by atoms with E-state index >= 15 is 0 Å². The molecule has 0 saturated carbocycles. The molecule has 2 aromatic rings. The predicted octanol–water partition coefficient (Wildman–Crippen LogP) is 1.27. The molecule has 2 heterocycles. The van der Waals surface area contributed by atoms with Crippen molar-refractivity contribution in [2.45, 2.75) is 12.8 Å². The molecule has 0 bridgehead atoms. The van der Waals surface area contributed by atoms with Crippen molar-refractivity contribution < 1.29 is 9.53 Å². The Labute approximate surface area is 147 Å². The van der Waals surface area contributed by atoms with E-state index in [4.69, 9.17) is 4.74 Å². The fraction of sp³-hybridized carbons (Fsp3) is 0.500. The lowest BCUT2D eigenvalue weighted by Gasteiger charge is -2.26. The van der Waals surface area contributed by atoms with Crippen LogP contribution in [0.15, 0.2) is 30.6 Å². The Kier molecular flexibility index (Phi) is 6.53. The van der Waals surface area contributed by atoms with Gasteiger partial charge in [-0.3, -0.25) is 9.69 Å². The van der Waals surface area contributed by atoms with E-state index < -0.39 is 0 Å². The van der Waals surface area contributed by atoms with Gasteiger partial charge in [0.05, 0.1) is 18.7 Å². The highest BCUT2D eigenvalue weighted by Gasteiger charge is 2.10. The van der Waals surface area contributed by atoms with Crippen molar-refractivity contribution in [1.29, 1.82) is 0 Å². The highest BCUT2D eigenvalue weighted by Crippen LogP contribution is 2.18. The number of hydrogen-bond donors (Lipinski definition) is 2. The summed E-state index contributed by atoms with van der Waals surface area (Å²) in [5.41, 5.74) is 0.917. The highest BCUT2D eigenvalue weighted by atomic mass is 16.5. The molecule has 134 valence electrons. The number of carbonyl (C=O) groups excluding carboxylic acids is 1. The minimum absolute atomic E-state index is 0.0996. The smallest absolute Gasteiger partial charge is 0.220 e. The summed E-state index contributed by atoms with van der Waals surface area (Å²) in [6.45, 7) is 5.77. The molecule has 0 unspecified atom stereocenters. The summed E-state index contributed by atoms with van der Waals surface area (Å²) in [7, 11) is 0. The molecule has 1 aliphatic rings. The van der Waals surface area contributed by atoms with Crippen molar-refractivity contribution in [2.75, 3.05) is 51.3 Å². The van der Waals surface area contributed by atoms with E-state index in [0.717, 1.165) is 56.0 Å². The minimum Gasteiger partial charge on any atom is -0.379 e. The quantitative estimate of drug-likeness (QED) is 0.703. The Morgan fingerprint density at radius 1 is 1.16 bits per heavy atom. The Morgan fingerprint density at radius 2 is 2.00 bits per heavy atom. The Morgan fingerprint density at radius 3 is 2.88 bits per heavy atom. The molecule has 0 radical (unpaired) electrons. The molecular weight excluding hydrogens is 318 g/mol. The molecule has 2 N–H and O–H groups in total. The van der Waals surface area contributed by atoms with Gasteiger partial charge in [0.2, 0.25) is 5.91 Å². The first kappa shape index (κ1) is 17.6. The molecule has 0 aliphatic carbocycles. The van der Waals surface area contributed by atoms with Gasteiger partial charge in [0.25, 0.3) is 0 Å². The van der Waals surface area contributed by atoms with E-state index in [9.17, 15) is 4.79 Å². The van der Waals surface area contributed by atoms with Crippen LogP contribution in [0.1, 0.15) is 12.8 Å². The number of nitrogens with zero attached hydrogens (tertiary/aromatic N) is 3. The number of amides is 1. The van der Waals surface area contributed by atoms with Crippen LogP contribution >= 0.6 is 0 Å². The third-order valence-electron chi connectivity index (χ3n) is 4.27. The lowest BCUT2D eigenvalue weighted by molar-refractivity contribution is -0.121. The average molecular weight is 343 g/mol. The first-order chi connectivity index (χ1) is 12.3. The Balaban J connectivity index is 1.33. The molecule has 1 saturated heterocycles. The van der Waals surface area contributed by atoms with Gasteiger partial charge in [0.1, 0.15) is 12.1 Å². The first-order valence-electron chi connectivity index (χ1n) is 8.83. The van der Waals surface area contributed by atoms with Crippen LogP contribution < -0.4 is 10.6 Å².